The second kappa shape index (κ2) is 10.2. The highest BCUT2D eigenvalue weighted by Gasteiger charge is 2.14. The van der Waals surface area contributed by atoms with Gasteiger partial charge in [0.2, 0.25) is 0 Å². The number of carboxylic acid groups (broad SMARTS) is 1. The molecule has 0 unspecified atom stereocenters. The Kier molecular flexibility index (Phi) is 7.68. The summed E-state index contributed by atoms with van der Waals surface area (Å²) in [6.45, 7) is 2.37. The molecular formula is C22H25BrO4S. The molecule has 28 heavy (non-hydrogen) atoms. The summed E-state index contributed by atoms with van der Waals surface area (Å²) in [5.74, 6) is 1.18. The predicted molar refractivity (Wildman–Crippen MR) is 115 cm³/mol. The Balaban J connectivity index is 1.64. The second-order valence-corrected chi connectivity index (χ2v) is 9.21. The lowest BCUT2D eigenvalue weighted by Crippen LogP contribution is -2.15. The predicted octanol–water partition coefficient (Wildman–Crippen LogP) is 6.33. The number of ether oxygens (including phenoxy) is 2. The van der Waals surface area contributed by atoms with Gasteiger partial charge in [0.25, 0.3) is 0 Å². The molecule has 1 fully saturated rings. The Bertz CT molecular complexity index is 818. The third-order valence-electron chi connectivity index (χ3n) is 4.79. The minimum atomic E-state index is -0.979. The Morgan fingerprint density at radius 1 is 1.11 bits per heavy atom. The SMILES string of the molecule is Cc1cc(Sc2cc(Br)cc(OCC3CCCCC3)c2)ccc1OCC(=O)O. The zero-order chi connectivity index (χ0) is 19.9. The minimum Gasteiger partial charge on any atom is -0.493 e. The summed E-state index contributed by atoms with van der Waals surface area (Å²) in [7, 11) is 0. The number of carbonyl (C=O) groups is 1. The molecule has 0 spiro atoms. The molecule has 0 amide bonds. The lowest BCUT2D eigenvalue weighted by Gasteiger charge is -2.21. The maximum atomic E-state index is 10.7. The van der Waals surface area contributed by atoms with E-state index in [2.05, 4.69) is 28.1 Å². The van der Waals surface area contributed by atoms with Crippen molar-refractivity contribution in [1.82, 2.24) is 0 Å². The molecule has 0 saturated heterocycles. The van der Waals surface area contributed by atoms with Crippen LogP contribution in [0, 0.1) is 12.8 Å². The fourth-order valence-electron chi connectivity index (χ4n) is 3.37. The molecule has 0 aromatic heterocycles. The molecule has 0 bridgehead atoms. The Labute approximate surface area is 178 Å². The first kappa shape index (κ1) is 21.1. The largest absolute Gasteiger partial charge is 0.493 e. The summed E-state index contributed by atoms with van der Waals surface area (Å²) in [6, 6.07) is 11.9. The molecule has 2 aromatic rings. The summed E-state index contributed by atoms with van der Waals surface area (Å²) in [5.41, 5.74) is 0.912. The first-order chi connectivity index (χ1) is 13.5. The van der Waals surface area contributed by atoms with Gasteiger partial charge in [-0.2, -0.15) is 0 Å². The van der Waals surface area contributed by atoms with Gasteiger partial charge >= 0.3 is 5.97 Å². The van der Waals surface area contributed by atoms with Gasteiger partial charge in [-0.3, -0.25) is 0 Å². The molecule has 0 radical (unpaired) electrons. The first-order valence-electron chi connectivity index (χ1n) is 9.56. The summed E-state index contributed by atoms with van der Waals surface area (Å²) < 4.78 is 12.4. The minimum absolute atomic E-state index is 0.333. The Morgan fingerprint density at radius 2 is 1.89 bits per heavy atom. The average Bonchev–Trinajstić information content (AvgIpc) is 2.66. The van der Waals surface area contributed by atoms with Crippen LogP contribution >= 0.6 is 27.7 Å². The molecule has 6 heteroatoms. The third-order valence-corrected chi connectivity index (χ3v) is 6.21. The van der Waals surface area contributed by atoms with Gasteiger partial charge in [0.05, 0.1) is 6.61 Å². The van der Waals surface area contributed by atoms with Crippen LogP contribution in [0.4, 0.5) is 0 Å². The molecular weight excluding hydrogens is 440 g/mol. The zero-order valence-electron chi connectivity index (χ0n) is 15.9. The van der Waals surface area contributed by atoms with Gasteiger partial charge in [-0.05, 0) is 67.6 Å². The highest BCUT2D eigenvalue weighted by Crippen LogP contribution is 2.35. The van der Waals surface area contributed by atoms with Gasteiger partial charge in [-0.1, -0.05) is 47.0 Å². The number of aryl methyl sites for hydroxylation is 1. The number of hydrogen-bond acceptors (Lipinski definition) is 4. The molecule has 4 nitrogen and oxygen atoms in total. The number of halogens is 1. The van der Waals surface area contributed by atoms with Crippen LogP contribution in [0.1, 0.15) is 37.7 Å². The lowest BCUT2D eigenvalue weighted by atomic mass is 9.90. The van der Waals surface area contributed by atoms with E-state index in [1.807, 2.05) is 31.2 Å². The monoisotopic (exact) mass is 464 g/mol. The van der Waals surface area contributed by atoms with Gasteiger partial charge in [0.1, 0.15) is 11.5 Å². The molecule has 1 aliphatic rings. The Morgan fingerprint density at radius 3 is 2.61 bits per heavy atom. The molecule has 2 aromatic carbocycles. The summed E-state index contributed by atoms with van der Waals surface area (Å²) >= 11 is 5.23. The quantitative estimate of drug-likeness (QED) is 0.494. The van der Waals surface area contributed by atoms with Crippen LogP contribution in [-0.4, -0.2) is 24.3 Å². The van der Waals surface area contributed by atoms with E-state index in [0.29, 0.717) is 11.7 Å². The van der Waals surface area contributed by atoms with Gasteiger partial charge in [-0.25, -0.2) is 4.79 Å². The van der Waals surface area contributed by atoms with Gasteiger partial charge in [-0.15, -0.1) is 0 Å². The topological polar surface area (TPSA) is 55.8 Å². The van der Waals surface area contributed by atoms with Crippen molar-refractivity contribution >= 4 is 33.7 Å². The van der Waals surface area contributed by atoms with Crippen LogP contribution in [0.3, 0.4) is 0 Å². The molecule has 1 saturated carbocycles. The second-order valence-electron chi connectivity index (χ2n) is 7.15. The molecule has 1 aliphatic carbocycles. The van der Waals surface area contributed by atoms with Crippen LogP contribution in [0.2, 0.25) is 0 Å². The van der Waals surface area contributed by atoms with E-state index in [1.165, 1.54) is 32.1 Å². The number of benzene rings is 2. The maximum absolute atomic E-state index is 10.7. The maximum Gasteiger partial charge on any atom is 0.341 e. The van der Waals surface area contributed by atoms with Crippen molar-refractivity contribution < 1.29 is 19.4 Å². The highest BCUT2D eigenvalue weighted by atomic mass is 79.9. The molecule has 3 rings (SSSR count). The number of carboxylic acids is 1. The third kappa shape index (κ3) is 6.45. The van der Waals surface area contributed by atoms with Crippen molar-refractivity contribution in [3.8, 4) is 11.5 Å². The Hall–Kier alpha value is -1.66. The molecule has 0 atom stereocenters. The first-order valence-corrected chi connectivity index (χ1v) is 11.2. The van der Waals surface area contributed by atoms with Crippen molar-refractivity contribution in [3.63, 3.8) is 0 Å². The van der Waals surface area contributed by atoms with E-state index in [-0.39, 0.29) is 6.61 Å². The fourth-order valence-corrected chi connectivity index (χ4v) is 5.00. The standard InChI is InChI=1S/C22H25BrO4S/c1-15-9-19(7-8-21(15)27-14-22(24)25)28-20-11-17(23)10-18(12-20)26-13-16-5-3-2-4-6-16/h7-12,16H,2-6,13-14H2,1H3,(H,24,25). The number of hydrogen-bond donors (Lipinski definition) is 1. The summed E-state index contributed by atoms with van der Waals surface area (Å²) in [4.78, 5) is 12.8. The van der Waals surface area contributed by atoms with Crippen molar-refractivity contribution in [3.05, 3.63) is 46.4 Å². The number of rotatable bonds is 8. The van der Waals surface area contributed by atoms with Crippen LogP contribution in [0.25, 0.3) is 0 Å². The normalized spacial score (nSPS) is 14.6. The summed E-state index contributed by atoms with van der Waals surface area (Å²) in [6.07, 6.45) is 6.53. The lowest BCUT2D eigenvalue weighted by molar-refractivity contribution is -0.139. The van der Waals surface area contributed by atoms with Crippen molar-refractivity contribution in [2.45, 2.75) is 48.8 Å². The van der Waals surface area contributed by atoms with Gasteiger partial charge < -0.3 is 14.6 Å². The average molecular weight is 465 g/mol. The van der Waals surface area contributed by atoms with E-state index in [4.69, 9.17) is 14.6 Å². The van der Waals surface area contributed by atoms with Crippen LogP contribution in [0.15, 0.2) is 50.7 Å². The summed E-state index contributed by atoms with van der Waals surface area (Å²) in [5, 5.41) is 8.75. The van der Waals surface area contributed by atoms with E-state index in [0.717, 1.165) is 32.2 Å². The number of aliphatic carboxylic acids is 1. The van der Waals surface area contributed by atoms with E-state index in [9.17, 15) is 4.79 Å². The van der Waals surface area contributed by atoms with Gasteiger partial charge in [0.15, 0.2) is 6.61 Å². The van der Waals surface area contributed by atoms with Crippen LogP contribution in [0.5, 0.6) is 11.5 Å². The van der Waals surface area contributed by atoms with E-state index >= 15 is 0 Å². The van der Waals surface area contributed by atoms with E-state index in [1.54, 1.807) is 11.8 Å². The zero-order valence-corrected chi connectivity index (χ0v) is 18.4. The molecule has 0 aliphatic heterocycles. The molecule has 150 valence electrons. The van der Waals surface area contributed by atoms with Crippen LogP contribution in [-0.2, 0) is 4.79 Å². The smallest absolute Gasteiger partial charge is 0.341 e. The molecule has 0 heterocycles. The van der Waals surface area contributed by atoms with Crippen molar-refractivity contribution in [2.75, 3.05) is 13.2 Å². The fraction of sp³-hybridized carbons (Fsp3) is 0.409. The van der Waals surface area contributed by atoms with E-state index < -0.39 is 5.97 Å². The van der Waals surface area contributed by atoms with Crippen LogP contribution < -0.4 is 9.47 Å². The van der Waals surface area contributed by atoms with Crippen molar-refractivity contribution in [1.29, 1.82) is 0 Å². The van der Waals surface area contributed by atoms with Crippen molar-refractivity contribution in [2.24, 2.45) is 5.92 Å². The van der Waals surface area contributed by atoms with Gasteiger partial charge in [0, 0.05) is 14.3 Å². The molecule has 1 N–H and O–H groups in total. The highest BCUT2D eigenvalue weighted by molar-refractivity contribution is 9.10.